The standard InChI is InChI=1S/C3H7N/c1-2-4-3-1/h4H,1-3H2/i2D2/hD. The molecule has 0 atom stereocenters. The topological polar surface area (TPSA) is 12.0 Å². The maximum absolute atomic E-state index is 6.88. The maximum Gasteiger partial charge on any atom is 0.122 e. The average molecular weight is 60.1 g/mol. The Balaban J connectivity index is 2.43. The van der Waals surface area contributed by atoms with E-state index in [-0.39, 0.29) is 0 Å². The van der Waals surface area contributed by atoms with Crippen molar-refractivity contribution in [2.75, 3.05) is 13.0 Å². The lowest BCUT2D eigenvalue weighted by molar-refractivity contribution is 0.527. The molecule has 0 aromatic rings. The highest BCUT2D eigenvalue weighted by Crippen LogP contribution is 1.80. The predicted octanol–water partition coefficient (Wildman–Crippen LogP) is -0.0203. The summed E-state index contributed by atoms with van der Waals surface area (Å²) < 4.78 is 20.5. The third kappa shape index (κ3) is 0.115. The van der Waals surface area contributed by atoms with Gasteiger partial charge in [0.05, 0.1) is 0 Å². The summed E-state index contributed by atoms with van der Waals surface area (Å²) in [6.45, 7) is -0.743. The van der Waals surface area contributed by atoms with E-state index in [0.717, 1.165) is 5.31 Å². The number of hydrogen-bond donors (Lipinski definition) is 1. The molecule has 0 aromatic heterocycles. The number of nitrogens with one attached hydrogen (secondary N) is 1. The summed E-state index contributed by atoms with van der Waals surface area (Å²) in [7, 11) is 0. The van der Waals surface area contributed by atoms with Gasteiger partial charge in [0.25, 0.3) is 0 Å². The monoisotopic (exact) mass is 60.1 g/mol. The van der Waals surface area contributed by atoms with E-state index in [1.165, 1.54) is 0 Å². The molecule has 0 amide bonds. The molecule has 0 unspecified atom stereocenters. The van der Waals surface area contributed by atoms with Crippen LogP contribution in [0.3, 0.4) is 0 Å². The molecule has 1 nitrogen and oxygen atoms in total. The fourth-order valence-electron chi connectivity index (χ4n) is 0.112. The number of hydrogen-bond acceptors (Lipinski definition) is 1. The first kappa shape index (κ1) is 0.716. The van der Waals surface area contributed by atoms with Crippen LogP contribution >= 0.6 is 0 Å². The molecule has 1 rings (SSSR count). The molecule has 24 valence electrons. The highest BCUT2D eigenvalue weighted by molar-refractivity contribution is 4.56. The molecule has 1 aliphatic heterocycles. The van der Waals surface area contributed by atoms with Crippen LogP contribution in [-0.4, -0.2) is 13.0 Å². The van der Waals surface area contributed by atoms with E-state index in [0.29, 0.717) is 13.0 Å². The lowest BCUT2D eigenvalue weighted by atomic mass is 10.3. The van der Waals surface area contributed by atoms with E-state index in [2.05, 4.69) is 0 Å². The molecule has 1 aliphatic rings. The van der Waals surface area contributed by atoms with Crippen LogP contribution in [0.5, 0.6) is 0 Å². The maximum atomic E-state index is 6.88. The van der Waals surface area contributed by atoms with E-state index >= 15 is 0 Å². The Labute approximate surface area is 30.3 Å². The van der Waals surface area contributed by atoms with Crippen LogP contribution in [0, 0.1) is 0 Å². The molecule has 0 spiro atoms. The normalized spacial score (nSPS) is 52.5. The van der Waals surface area contributed by atoms with Crippen LogP contribution in [0.2, 0.25) is 1.41 Å². The summed E-state index contributed by atoms with van der Waals surface area (Å²) in [6, 6.07) is 0. The molecule has 0 saturated carbocycles. The largest absolute Gasteiger partial charge is 0.317 e. The molecule has 4 heavy (non-hydrogen) atoms. The van der Waals surface area contributed by atoms with Gasteiger partial charge in [0.2, 0.25) is 0 Å². The van der Waals surface area contributed by atoms with Crippen molar-refractivity contribution in [3.8, 4) is 0 Å². The summed E-state index contributed by atoms with van der Waals surface area (Å²) >= 11 is 0. The second-order valence-corrected chi connectivity index (χ2v) is 0.790. The van der Waals surface area contributed by atoms with Gasteiger partial charge in [-0.1, -0.05) is 0 Å². The van der Waals surface area contributed by atoms with Gasteiger partial charge in [0.1, 0.15) is 1.41 Å². The summed E-state index contributed by atoms with van der Waals surface area (Å²) in [5, 5.41) is 0.951. The molecular weight excluding hydrogens is 50.0 g/mol. The lowest BCUT2D eigenvalue weighted by Crippen LogP contribution is -2.29. The molecule has 0 aliphatic carbocycles. The van der Waals surface area contributed by atoms with Gasteiger partial charge in [-0.2, -0.15) is 0 Å². The highest BCUT2D eigenvalue weighted by Gasteiger charge is 1.92. The van der Waals surface area contributed by atoms with Gasteiger partial charge in [0.15, 0.2) is 0 Å². The smallest absolute Gasteiger partial charge is 0.122 e. The molecule has 1 fully saturated rings. The Hall–Kier alpha value is -0.0400. The van der Waals surface area contributed by atoms with E-state index in [4.69, 9.17) is 4.15 Å². The van der Waals surface area contributed by atoms with Crippen LogP contribution < -0.4 is 5.31 Å². The van der Waals surface area contributed by atoms with Gasteiger partial charge in [-0.25, -0.2) is 0 Å². The highest BCUT2D eigenvalue weighted by atomic mass is 14.9. The minimum absolute atomic E-state index is 0.510. The molecular formula is C3H7N. The van der Waals surface area contributed by atoms with E-state index < -0.39 is 6.50 Å². The van der Waals surface area contributed by atoms with Gasteiger partial charge in [-0.15, -0.1) is 0 Å². The van der Waals surface area contributed by atoms with Crippen molar-refractivity contribution < 1.29 is 4.15 Å². The average Bonchev–Trinajstić information content (AvgIpc) is 1.63. The van der Waals surface area contributed by atoms with Crippen molar-refractivity contribution in [1.29, 1.82) is 0 Å². The SMILES string of the molecule is [2H]N1CCC1([2H])[2H]. The first-order valence-electron chi connectivity index (χ1n) is 2.84. The molecule has 0 radical (unpaired) electrons. The zero-order chi connectivity index (χ0) is 5.49. The summed E-state index contributed by atoms with van der Waals surface area (Å²) in [5.74, 6) is 0. The minimum atomic E-state index is -1.32. The van der Waals surface area contributed by atoms with Crippen molar-refractivity contribution in [3.63, 3.8) is 0 Å². The molecule has 1 heterocycles. The summed E-state index contributed by atoms with van der Waals surface area (Å²) in [4.78, 5) is 0. The van der Waals surface area contributed by atoms with Gasteiger partial charge in [-0.3, -0.25) is 0 Å². The van der Waals surface area contributed by atoms with Gasteiger partial charge in [0, 0.05) is 2.74 Å². The van der Waals surface area contributed by atoms with Crippen molar-refractivity contribution in [3.05, 3.63) is 0 Å². The molecule has 1 saturated heterocycles. The van der Waals surface area contributed by atoms with E-state index in [1.807, 2.05) is 0 Å². The first-order chi connectivity index (χ1) is 3.13. The second kappa shape index (κ2) is 0.725. The lowest BCUT2D eigenvalue weighted by Gasteiger charge is -2.09. The third-order valence-corrected chi connectivity index (χ3v) is 0.447. The Morgan fingerprint density at radius 2 is 3.00 bits per heavy atom. The minimum Gasteiger partial charge on any atom is -0.317 e. The Morgan fingerprint density at radius 3 is 3.00 bits per heavy atom. The molecule has 1 heteroatoms. The van der Waals surface area contributed by atoms with Crippen molar-refractivity contribution in [2.24, 2.45) is 0 Å². The Bertz CT molecular complexity index is 82.2. The number of rotatable bonds is 0. The van der Waals surface area contributed by atoms with E-state index in [1.54, 1.807) is 0 Å². The quantitative estimate of drug-likeness (QED) is 0.414. The third-order valence-electron chi connectivity index (χ3n) is 0.447. The van der Waals surface area contributed by atoms with Crippen molar-refractivity contribution in [1.82, 2.24) is 5.31 Å². The van der Waals surface area contributed by atoms with Gasteiger partial charge in [-0.05, 0) is 19.5 Å². The van der Waals surface area contributed by atoms with Gasteiger partial charge < -0.3 is 5.31 Å². The van der Waals surface area contributed by atoms with Crippen LogP contribution in [0.15, 0.2) is 0 Å². The van der Waals surface area contributed by atoms with Crippen molar-refractivity contribution >= 4 is 0 Å². The predicted molar refractivity (Wildman–Crippen MR) is 17.5 cm³/mol. The fraction of sp³-hybridized carbons (Fsp3) is 1.00. The van der Waals surface area contributed by atoms with Gasteiger partial charge >= 0.3 is 0 Å². The van der Waals surface area contributed by atoms with Crippen LogP contribution in [0.4, 0.5) is 0 Å². The zero-order valence-electron chi connectivity index (χ0n) is 5.36. The summed E-state index contributed by atoms with van der Waals surface area (Å²) in [6.07, 6.45) is 0.510. The van der Waals surface area contributed by atoms with E-state index in [9.17, 15) is 0 Å². The first-order valence-corrected chi connectivity index (χ1v) is 1.39. The van der Waals surface area contributed by atoms with Crippen LogP contribution in [-0.2, 0) is 0 Å². The second-order valence-electron chi connectivity index (χ2n) is 0.790. The molecule has 0 aromatic carbocycles. The Kier molecular flexibility index (Phi) is 0.130. The zero-order valence-corrected chi connectivity index (χ0v) is 2.36. The molecule has 1 N–H and O–H groups in total. The Morgan fingerprint density at radius 1 is 2.25 bits per heavy atom. The molecule has 0 bridgehead atoms. The fourth-order valence-corrected chi connectivity index (χ4v) is 0.112. The van der Waals surface area contributed by atoms with Crippen LogP contribution in [0.25, 0.3) is 0 Å². The van der Waals surface area contributed by atoms with Crippen molar-refractivity contribution in [2.45, 2.75) is 6.42 Å². The van der Waals surface area contributed by atoms with Crippen LogP contribution in [0.1, 0.15) is 9.16 Å². The summed E-state index contributed by atoms with van der Waals surface area (Å²) in [5.41, 5.74) is 0.